The topological polar surface area (TPSA) is 28.7 Å². The Labute approximate surface area is 117 Å². The van der Waals surface area contributed by atoms with E-state index < -0.39 is 22.9 Å². The van der Waals surface area contributed by atoms with Gasteiger partial charge >= 0.3 is 12.4 Å². The summed E-state index contributed by atoms with van der Waals surface area (Å²) in [6.07, 6.45) is -8.41. The predicted molar refractivity (Wildman–Crippen MR) is 62.7 cm³/mol. The number of hydrogen-bond acceptors (Lipinski definition) is 3. The number of nitrogens with one attached hydrogen (secondary N) is 1. The minimum absolute atomic E-state index is 0.0745. The summed E-state index contributed by atoms with van der Waals surface area (Å²) in [6, 6.07) is 1.40. The molecule has 0 saturated carbocycles. The lowest BCUT2D eigenvalue weighted by Crippen LogP contribution is -2.05. The Morgan fingerprint density at radius 2 is 1.70 bits per heavy atom. The predicted octanol–water partition coefficient (Wildman–Crippen LogP) is 4.91. The molecule has 108 valence electrons. The van der Waals surface area contributed by atoms with E-state index in [9.17, 15) is 26.3 Å². The molecule has 1 N–H and O–H groups in total. The normalized spacial score (nSPS) is 12.7. The highest BCUT2D eigenvalue weighted by atomic mass is 32.1. The van der Waals surface area contributed by atoms with Crippen LogP contribution in [0.1, 0.15) is 10.6 Å². The minimum atomic E-state index is -4.64. The van der Waals surface area contributed by atoms with Gasteiger partial charge in [-0.05, 0) is 12.1 Å². The van der Waals surface area contributed by atoms with E-state index >= 15 is 0 Å². The highest BCUT2D eigenvalue weighted by Crippen LogP contribution is 2.37. The molecule has 0 spiro atoms. The van der Waals surface area contributed by atoms with E-state index in [0.29, 0.717) is 12.1 Å². The van der Waals surface area contributed by atoms with Gasteiger partial charge in [-0.3, -0.25) is 0 Å². The molecular formula is C10H4F6N2S2. The molecule has 0 aliphatic heterocycles. The van der Waals surface area contributed by atoms with E-state index in [1.54, 1.807) is 0 Å². The summed E-state index contributed by atoms with van der Waals surface area (Å²) < 4.78 is 74.8. The third kappa shape index (κ3) is 3.18. The fourth-order valence-electron chi connectivity index (χ4n) is 1.37. The quantitative estimate of drug-likeness (QED) is 0.595. The number of rotatable bonds is 1. The molecule has 2 aromatic rings. The molecule has 0 unspecified atom stereocenters. The van der Waals surface area contributed by atoms with Crippen molar-refractivity contribution in [2.75, 3.05) is 0 Å². The fourth-order valence-corrected chi connectivity index (χ4v) is 2.36. The second-order valence-corrected chi connectivity index (χ2v) is 5.14. The van der Waals surface area contributed by atoms with Crippen molar-refractivity contribution in [3.8, 4) is 10.6 Å². The Morgan fingerprint density at radius 3 is 2.20 bits per heavy atom. The summed E-state index contributed by atoms with van der Waals surface area (Å²) in [5.74, 6) is 0. The lowest BCUT2D eigenvalue weighted by atomic mass is 10.2. The van der Waals surface area contributed by atoms with Crippen LogP contribution in [0.2, 0.25) is 0 Å². The van der Waals surface area contributed by atoms with Crippen LogP contribution in [0.25, 0.3) is 10.6 Å². The first-order chi connectivity index (χ1) is 9.07. The molecule has 0 saturated heterocycles. The first kappa shape index (κ1) is 15.0. The van der Waals surface area contributed by atoms with E-state index in [4.69, 9.17) is 0 Å². The van der Waals surface area contributed by atoms with Crippen molar-refractivity contribution in [2.45, 2.75) is 12.4 Å². The lowest BCUT2D eigenvalue weighted by molar-refractivity contribution is -0.138. The summed E-state index contributed by atoms with van der Waals surface area (Å²) in [6.45, 7) is 0. The van der Waals surface area contributed by atoms with Crippen LogP contribution < -0.4 is 0 Å². The highest BCUT2D eigenvalue weighted by molar-refractivity contribution is 7.71. The molecule has 2 heterocycles. The van der Waals surface area contributed by atoms with Gasteiger partial charge in [-0.15, -0.1) is 11.3 Å². The molecule has 0 aromatic carbocycles. The summed E-state index contributed by atoms with van der Waals surface area (Å²) in [7, 11) is 0. The second kappa shape index (κ2) is 4.85. The maximum Gasteiger partial charge on any atom is 0.443 e. The summed E-state index contributed by atoms with van der Waals surface area (Å²) >= 11 is 4.88. The van der Waals surface area contributed by atoms with E-state index in [2.05, 4.69) is 22.2 Å². The molecule has 10 heteroatoms. The molecule has 0 atom stereocenters. The van der Waals surface area contributed by atoms with Gasteiger partial charge in [-0.1, -0.05) is 12.2 Å². The van der Waals surface area contributed by atoms with Gasteiger partial charge in [0.15, 0.2) is 5.01 Å². The summed E-state index contributed by atoms with van der Waals surface area (Å²) in [4.78, 5) is 5.49. The molecule has 20 heavy (non-hydrogen) atoms. The van der Waals surface area contributed by atoms with Crippen LogP contribution >= 0.6 is 23.6 Å². The second-order valence-electron chi connectivity index (χ2n) is 3.67. The van der Waals surface area contributed by atoms with Crippen LogP contribution in [0.15, 0.2) is 18.3 Å². The van der Waals surface area contributed by atoms with Crippen molar-refractivity contribution in [3.63, 3.8) is 0 Å². The lowest BCUT2D eigenvalue weighted by Gasteiger charge is -2.08. The van der Waals surface area contributed by atoms with E-state index in [1.807, 2.05) is 0 Å². The smallest absolute Gasteiger partial charge is 0.345 e. The van der Waals surface area contributed by atoms with Gasteiger partial charge in [-0.2, -0.15) is 26.3 Å². The Kier molecular flexibility index (Phi) is 3.63. The maximum absolute atomic E-state index is 12.6. The van der Waals surface area contributed by atoms with Crippen molar-refractivity contribution in [2.24, 2.45) is 0 Å². The van der Waals surface area contributed by atoms with E-state index in [1.165, 1.54) is 0 Å². The van der Waals surface area contributed by atoms with Crippen LogP contribution in [-0.4, -0.2) is 9.97 Å². The number of nitrogens with zero attached hydrogens (tertiary/aromatic N) is 1. The molecule has 0 fully saturated rings. The van der Waals surface area contributed by atoms with E-state index in [0.717, 1.165) is 6.20 Å². The Balaban J connectivity index is 2.51. The van der Waals surface area contributed by atoms with Crippen LogP contribution in [0.5, 0.6) is 0 Å². The van der Waals surface area contributed by atoms with Gasteiger partial charge in [0.1, 0.15) is 4.64 Å². The molecule has 2 rings (SSSR count). The zero-order valence-electron chi connectivity index (χ0n) is 9.26. The van der Waals surface area contributed by atoms with Gasteiger partial charge in [0.05, 0.1) is 16.1 Å². The minimum Gasteiger partial charge on any atom is -0.345 e. The van der Waals surface area contributed by atoms with Crippen LogP contribution in [0, 0.1) is 4.64 Å². The SMILES string of the molecule is FC(F)(F)c1cc(-c2cnc(C(F)(F)F)s2)[nH]c(=S)c1. The Bertz CT molecular complexity index is 682. The number of aromatic nitrogens is 2. The first-order valence-electron chi connectivity index (χ1n) is 4.92. The highest BCUT2D eigenvalue weighted by Gasteiger charge is 2.35. The average molecular weight is 330 g/mol. The number of thiazole rings is 1. The van der Waals surface area contributed by atoms with Crippen molar-refractivity contribution in [3.05, 3.63) is 33.5 Å². The van der Waals surface area contributed by atoms with Gasteiger partial charge in [0.2, 0.25) is 0 Å². The molecule has 0 aliphatic rings. The summed E-state index contributed by atoms with van der Waals surface area (Å²) in [5.41, 5.74) is -1.18. The van der Waals surface area contributed by atoms with Gasteiger partial charge in [0.25, 0.3) is 0 Å². The maximum atomic E-state index is 12.6. The van der Waals surface area contributed by atoms with Crippen LogP contribution in [0.4, 0.5) is 26.3 Å². The zero-order chi connectivity index (χ0) is 15.1. The Hall–Kier alpha value is -1.42. The van der Waals surface area contributed by atoms with Gasteiger partial charge in [-0.25, -0.2) is 4.98 Å². The number of pyridine rings is 1. The number of aromatic amines is 1. The largest absolute Gasteiger partial charge is 0.443 e. The van der Waals surface area contributed by atoms with Gasteiger partial charge in [0, 0.05) is 6.20 Å². The van der Waals surface area contributed by atoms with Crippen molar-refractivity contribution >= 4 is 23.6 Å². The molecule has 0 aliphatic carbocycles. The zero-order valence-corrected chi connectivity index (χ0v) is 10.9. The monoisotopic (exact) mass is 330 g/mol. The number of hydrogen-bond donors (Lipinski definition) is 1. The van der Waals surface area contributed by atoms with Crippen molar-refractivity contribution in [1.29, 1.82) is 0 Å². The molecule has 0 radical (unpaired) electrons. The third-order valence-electron chi connectivity index (χ3n) is 2.19. The number of halogens is 6. The number of H-pyrrole nitrogens is 1. The molecule has 0 bridgehead atoms. The van der Waals surface area contributed by atoms with Crippen LogP contribution in [-0.2, 0) is 12.4 Å². The third-order valence-corrected chi connectivity index (χ3v) is 3.48. The average Bonchev–Trinajstić information content (AvgIpc) is 2.75. The fraction of sp³-hybridized carbons (Fsp3) is 0.200. The van der Waals surface area contributed by atoms with Crippen LogP contribution in [0.3, 0.4) is 0 Å². The number of alkyl halides is 6. The molecule has 0 amide bonds. The molecule has 2 nitrogen and oxygen atoms in total. The standard InChI is InChI=1S/C10H4F6N2S2/c11-9(12,13)4-1-5(18-7(19)2-4)6-3-17-8(20-6)10(14,15)16/h1-3H,(H,18,19). The summed E-state index contributed by atoms with van der Waals surface area (Å²) in [5, 5.41) is -1.13. The van der Waals surface area contributed by atoms with Crippen molar-refractivity contribution in [1.82, 2.24) is 9.97 Å². The Morgan fingerprint density at radius 1 is 1.05 bits per heavy atom. The first-order valence-corrected chi connectivity index (χ1v) is 6.15. The molecule has 2 aromatic heterocycles. The van der Waals surface area contributed by atoms with E-state index in [-0.39, 0.29) is 26.5 Å². The van der Waals surface area contributed by atoms with Gasteiger partial charge < -0.3 is 4.98 Å². The van der Waals surface area contributed by atoms with Crippen molar-refractivity contribution < 1.29 is 26.3 Å². The molecular weight excluding hydrogens is 326 g/mol.